The highest BCUT2D eigenvalue weighted by Gasteiger charge is 2.27. The standard InChI is InChI=1S/C14H20N2O2/c1-9-4-5-13(11(3)10(9)2)16-7-12(6-15)18-8-14(16)17/h4-5,12H,6-8,15H2,1-3H3. The number of aryl methyl sites for hydroxylation is 1. The molecule has 1 unspecified atom stereocenters. The Labute approximate surface area is 108 Å². The van der Waals surface area contributed by atoms with Crippen molar-refractivity contribution in [1.82, 2.24) is 0 Å². The van der Waals surface area contributed by atoms with Crippen molar-refractivity contribution in [1.29, 1.82) is 0 Å². The molecule has 18 heavy (non-hydrogen) atoms. The van der Waals surface area contributed by atoms with Crippen LogP contribution in [-0.2, 0) is 9.53 Å². The number of ether oxygens (including phenoxy) is 1. The summed E-state index contributed by atoms with van der Waals surface area (Å²) >= 11 is 0. The third-order valence-electron chi connectivity index (χ3n) is 3.71. The number of hydrogen-bond donors (Lipinski definition) is 1. The van der Waals surface area contributed by atoms with Gasteiger partial charge in [0.1, 0.15) is 6.61 Å². The van der Waals surface area contributed by atoms with Crippen molar-refractivity contribution in [2.75, 3.05) is 24.6 Å². The quantitative estimate of drug-likeness (QED) is 0.858. The zero-order valence-corrected chi connectivity index (χ0v) is 11.2. The van der Waals surface area contributed by atoms with Gasteiger partial charge in [-0.1, -0.05) is 6.07 Å². The molecule has 1 aromatic carbocycles. The third-order valence-corrected chi connectivity index (χ3v) is 3.71. The van der Waals surface area contributed by atoms with Gasteiger partial charge in [0.2, 0.25) is 0 Å². The summed E-state index contributed by atoms with van der Waals surface area (Å²) in [6.45, 7) is 7.31. The normalized spacial score (nSPS) is 20.3. The van der Waals surface area contributed by atoms with Crippen molar-refractivity contribution >= 4 is 11.6 Å². The van der Waals surface area contributed by atoms with Gasteiger partial charge in [-0.15, -0.1) is 0 Å². The summed E-state index contributed by atoms with van der Waals surface area (Å²) < 4.78 is 5.37. The average Bonchev–Trinajstić information content (AvgIpc) is 2.37. The van der Waals surface area contributed by atoms with Gasteiger partial charge in [-0.05, 0) is 43.5 Å². The third kappa shape index (κ3) is 2.26. The number of carbonyl (C=O) groups excluding carboxylic acids is 1. The van der Waals surface area contributed by atoms with Crippen molar-refractivity contribution in [2.24, 2.45) is 5.73 Å². The first kappa shape index (κ1) is 13.1. The number of anilines is 1. The SMILES string of the molecule is Cc1ccc(N2CC(CN)OCC2=O)c(C)c1C. The number of nitrogens with zero attached hydrogens (tertiary/aromatic N) is 1. The molecule has 0 bridgehead atoms. The maximum Gasteiger partial charge on any atom is 0.253 e. The average molecular weight is 248 g/mol. The van der Waals surface area contributed by atoms with Gasteiger partial charge in [-0.25, -0.2) is 0 Å². The molecular formula is C14H20N2O2. The molecule has 1 aromatic rings. The molecule has 1 saturated heterocycles. The van der Waals surface area contributed by atoms with Crippen LogP contribution in [0.1, 0.15) is 16.7 Å². The van der Waals surface area contributed by atoms with Crippen molar-refractivity contribution < 1.29 is 9.53 Å². The first-order chi connectivity index (χ1) is 8.54. The van der Waals surface area contributed by atoms with Gasteiger partial charge >= 0.3 is 0 Å². The Hall–Kier alpha value is -1.39. The van der Waals surface area contributed by atoms with E-state index in [1.165, 1.54) is 11.1 Å². The maximum atomic E-state index is 12.0. The largest absolute Gasteiger partial charge is 0.365 e. The van der Waals surface area contributed by atoms with E-state index in [4.69, 9.17) is 10.5 Å². The molecule has 0 spiro atoms. The van der Waals surface area contributed by atoms with Crippen LogP contribution in [0.5, 0.6) is 0 Å². The number of rotatable bonds is 2. The molecule has 0 aromatic heterocycles. The summed E-state index contributed by atoms with van der Waals surface area (Å²) in [4.78, 5) is 13.8. The van der Waals surface area contributed by atoms with Crippen molar-refractivity contribution in [3.8, 4) is 0 Å². The molecule has 1 heterocycles. The summed E-state index contributed by atoms with van der Waals surface area (Å²) in [5.41, 5.74) is 10.2. The Balaban J connectivity index is 2.35. The molecule has 4 nitrogen and oxygen atoms in total. The Morgan fingerprint density at radius 3 is 2.72 bits per heavy atom. The lowest BCUT2D eigenvalue weighted by Gasteiger charge is -2.33. The van der Waals surface area contributed by atoms with E-state index < -0.39 is 0 Å². The fourth-order valence-electron chi connectivity index (χ4n) is 2.23. The van der Waals surface area contributed by atoms with E-state index in [1.807, 2.05) is 6.07 Å². The zero-order chi connectivity index (χ0) is 13.3. The van der Waals surface area contributed by atoms with Crippen LogP contribution >= 0.6 is 0 Å². The maximum absolute atomic E-state index is 12.0. The van der Waals surface area contributed by atoms with Crippen LogP contribution in [0.4, 0.5) is 5.69 Å². The van der Waals surface area contributed by atoms with E-state index in [0.29, 0.717) is 13.1 Å². The molecular weight excluding hydrogens is 228 g/mol. The summed E-state index contributed by atoms with van der Waals surface area (Å²) in [6.07, 6.45) is -0.0660. The van der Waals surface area contributed by atoms with Crippen LogP contribution in [0.3, 0.4) is 0 Å². The Kier molecular flexibility index (Phi) is 3.68. The second kappa shape index (κ2) is 5.08. The van der Waals surface area contributed by atoms with E-state index in [-0.39, 0.29) is 18.6 Å². The van der Waals surface area contributed by atoms with Crippen LogP contribution in [0, 0.1) is 20.8 Å². The molecule has 4 heteroatoms. The summed E-state index contributed by atoms with van der Waals surface area (Å²) in [7, 11) is 0. The Morgan fingerprint density at radius 2 is 2.06 bits per heavy atom. The number of carbonyl (C=O) groups is 1. The van der Waals surface area contributed by atoms with Crippen molar-refractivity contribution in [2.45, 2.75) is 26.9 Å². The van der Waals surface area contributed by atoms with Crippen LogP contribution < -0.4 is 10.6 Å². The smallest absolute Gasteiger partial charge is 0.253 e. The highest BCUT2D eigenvalue weighted by atomic mass is 16.5. The number of amides is 1. The number of nitrogens with two attached hydrogens (primary N) is 1. The number of morpholine rings is 1. The molecule has 2 N–H and O–H groups in total. The monoisotopic (exact) mass is 248 g/mol. The van der Waals surface area contributed by atoms with Gasteiger partial charge in [0.05, 0.1) is 12.6 Å². The van der Waals surface area contributed by atoms with Crippen molar-refractivity contribution in [3.05, 3.63) is 28.8 Å². The summed E-state index contributed by atoms with van der Waals surface area (Å²) in [5, 5.41) is 0. The van der Waals surface area contributed by atoms with Gasteiger partial charge in [-0.2, -0.15) is 0 Å². The first-order valence-electron chi connectivity index (χ1n) is 6.23. The predicted molar refractivity (Wildman–Crippen MR) is 71.8 cm³/mol. The van der Waals surface area contributed by atoms with Crippen LogP contribution in [0.2, 0.25) is 0 Å². The molecule has 1 aliphatic heterocycles. The topological polar surface area (TPSA) is 55.6 Å². The fraction of sp³-hybridized carbons (Fsp3) is 0.500. The van der Waals surface area contributed by atoms with Gasteiger partial charge in [0, 0.05) is 12.2 Å². The van der Waals surface area contributed by atoms with E-state index >= 15 is 0 Å². The van der Waals surface area contributed by atoms with E-state index in [9.17, 15) is 4.79 Å². The Morgan fingerprint density at radius 1 is 1.33 bits per heavy atom. The van der Waals surface area contributed by atoms with Gasteiger partial charge in [-0.3, -0.25) is 4.79 Å². The number of benzene rings is 1. The summed E-state index contributed by atoms with van der Waals surface area (Å²) in [6, 6.07) is 4.06. The predicted octanol–water partition coefficient (Wildman–Crippen LogP) is 1.30. The van der Waals surface area contributed by atoms with Crippen LogP contribution in [0.25, 0.3) is 0 Å². The first-order valence-corrected chi connectivity index (χ1v) is 6.23. The zero-order valence-electron chi connectivity index (χ0n) is 11.2. The molecule has 1 aliphatic rings. The van der Waals surface area contributed by atoms with Gasteiger partial charge in [0.15, 0.2) is 0 Å². The minimum atomic E-state index is -0.0660. The van der Waals surface area contributed by atoms with Crippen LogP contribution in [-0.4, -0.2) is 31.7 Å². The van der Waals surface area contributed by atoms with E-state index in [0.717, 1.165) is 11.3 Å². The lowest BCUT2D eigenvalue weighted by atomic mass is 10.0. The summed E-state index contributed by atoms with van der Waals surface area (Å²) in [5.74, 6) is 0.00560. The van der Waals surface area contributed by atoms with E-state index in [2.05, 4.69) is 26.8 Å². The second-order valence-corrected chi connectivity index (χ2v) is 4.82. The minimum absolute atomic E-state index is 0.00560. The molecule has 2 rings (SSSR count). The van der Waals surface area contributed by atoms with Gasteiger partial charge < -0.3 is 15.4 Å². The lowest BCUT2D eigenvalue weighted by Crippen LogP contribution is -2.49. The molecule has 1 atom stereocenters. The van der Waals surface area contributed by atoms with E-state index in [1.54, 1.807) is 4.90 Å². The molecule has 1 fully saturated rings. The molecule has 1 amide bonds. The molecule has 0 aliphatic carbocycles. The highest BCUT2D eigenvalue weighted by molar-refractivity contribution is 5.95. The van der Waals surface area contributed by atoms with Crippen molar-refractivity contribution in [3.63, 3.8) is 0 Å². The fourth-order valence-corrected chi connectivity index (χ4v) is 2.23. The second-order valence-electron chi connectivity index (χ2n) is 4.82. The highest BCUT2D eigenvalue weighted by Crippen LogP contribution is 2.27. The molecule has 98 valence electrons. The van der Waals surface area contributed by atoms with Gasteiger partial charge in [0.25, 0.3) is 5.91 Å². The lowest BCUT2D eigenvalue weighted by molar-refractivity contribution is -0.128. The Bertz CT molecular complexity index is 471. The molecule has 0 radical (unpaired) electrons. The minimum Gasteiger partial charge on any atom is -0.365 e. The molecule has 0 saturated carbocycles. The van der Waals surface area contributed by atoms with Crippen LogP contribution in [0.15, 0.2) is 12.1 Å². The number of hydrogen-bond acceptors (Lipinski definition) is 3.